The predicted octanol–water partition coefficient (Wildman–Crippen LogP) is 2.67. The first kappa shape index (κ1) is 8.02. The monoisotopic (exact) mass is 184 g/mol. The van der Waals surface area contributed by atoms with Crippen LogP contribution >= 0.6 is 41.9 Å². The van der Waals surface area contributed by atoms with E-state index in [1.807, 2.05) is 0 Å². The van der Waals surface area contributed by atoms with E-state index in [0.717, 1.165) is 0 Å². The van der Waals surface area contributed by atoms with Gasteiger partial charge in [0.15, 0.2) is 0 Å². The average Bonchev–Trinajstić information content (AvgIpc) is 1.68. The highest BCUT2D eigenvalue weighted by molar-refractivity contribution is 7.82. The van der Waals surface area contributed by atoms with Crippen molar-refractivity contribution >= 4 is 41.9 Å². The van der Waals surface area contributed by atoms with Gasteiger partial charge in [0.05, 0.1) is 23.7 Å². The van der Waals surface area contributed by atoms with E-state index in [0.29, 0.717) is 0 Å². The fourth-order valence-corrected chi connectivity index (χ4v) is 0.287. The second-order valence-electron chi connectivity index (χ2n) is 0.569. The molecule has 44 valence electrons. The highest BCUT2D eigenvalue weighted by Gasteiger charge is 2.18. The lowest BCUT2D eigenvalue weighted by Gasteiger charge is -1.94. The summed E-state index contributed by atoms with van der Waals surface area (Å²) >= 11 is 13.7. The van der Waals surface area contributed by atoms with Crippen LogP contribution in [0.4, 0.5) is 0 Å². The zero-order valence-electron chi connectivity index (χ0n) is 2.81. The molecule has 0 aromatic heterocycles. The van der Waals surface area contributed by atoms with Gasteiger partial charge in [-0.2, -0.15) is 8.15 Å². The minimum Gasteiger partial charge on any atom is -0.238 e. The van der Waals surface area contributed by atoms with E-state index in [4.69, 9.17) is 11.2 Å². The molecule has 0 amide bonds. The van der Waals surface area contributed by atoms with Gasteiger partial charge in [-0.3, -0.25) is 0 Å². The smallest absolute Gasteiger partial charge is 0.238 e. The van der Waals surface area contributed by atoms with Crippen molar-refractivity contribution in [3.63, 3.8) is 0 Å². The summed E-state index contributed by atoms with van der Waals surface area (Å²) in [6, 6.07) is 0. The van der Waals surface area contributed by atoms with Gasteiger partial charge in [0.1, 0.15) is 0 Å². The molecule has 0 radical (unpaired) electrons. The number of hydrogen-bond donors (Lipinski definition) is 0. The van der Waals surface area contributed by atoms with E-state index in [9.17, 15) is 4.57 Å². The van der Waals surface area contributed by atoms with E-state index >= 15 is 0 Å². The van der Waals surface area contributed by atoms with Crippen molar-refractivity contribution in [2.24, 2.45) is 0 Å². The molecular formula is Cl3O3P. The summed E-state index contributed by atoms with van der Waals surface area (Å²) in [6.45, 7) is -3.65. The van der Waals surface area contributed by atoms with Crippen LogP contribution in [0.25, 0.3) is 0 Å². The third-order valence-electron chi connectivity index (χ3n) is 0.165. The lowest BCUT2D eigenvalue weighted by atomic mass is 15.8. The van der Waals surface area contributed by atoms with Gasteiger partial charge in [-0.25, -0.2) is 4.57 Å². The predicted molar refractivity (Wildman–Crippen MR) is 27.3 cm³/mol. The maximum atomic E-state index is 10.0. The van der Waals surface area contributed by atoms with Crippen molar-refractivity contribution in [2.75, 3.05) is 0 Å². The molecular weight excluding hydrogens is 185 g/mol. The molecule has 0 unspecified atom stereocenters. The lowest BCUT2D eigenvalue weighted by molar-refractivity contribution is 0.437. The van der Waals surface area contributed by atoms with Gasteiger partial charge in [-0.05, 0) is 0 Å². The highest BCUT2D eigenvalue weighted by Crippen LogP contribution is 2.55. The third kappa shape index (κ3) is 3.59. The van der Waals surface area contributed by atoms with Crippen molar-refractivity contribution in [3.05, 3.63) is 0 Å². The Kier molecular flexibility index (Phi) is 3.58. The number of hydrogen-bond acceptors (Lipinski definition) is 3. The van der Waals surface area contributed by atoms with Crippen LogP contribution in [0.1, 0.15) is 0 Å². The van der Waals surface area contributed by atoms with E-state index in [1.54, 1.807) is 0 Å². The molecule has 0 N–H and O–H groups in total. The van der Waals surface area contributed by atoms with E-state index in [2.05, 4.69) is 31.9 Å². The fraction of sp³-hybridized carbons (Fsp3) is 0. The minimum absolute atomic E-state index is 3.53. The van der Waals surface area contributed by atoms with E-state index < -0.39 is 6.95 Å². The van der Waals surface area contributed by atoms with Crippen molar-refractivity contribution in [1.82, 2.24) is 0 Å². The Morgan fingerprint density at radius 1 is 1.29 bits per heavy atom. The Balaban J connectivity index is 3.61. The van der Waals surface area contributed by atoms with Crippen molar-refractivity contribution in [2.45, 2.75) is 0 Å². The molecule has 3 nitrogen and oxygen atoms in total. The van der Waals surface area contributed by atoms with Crippen molar-refractivity contribution < 1.29 is 12.7 Å². The Hall–Kier alpha value is 1.02. The molecule has 0 aliphatic rings. The SMILES string of the molecule is O=P(Cl)(OCl)OCl. The molecule has 0 aromatic rings. The van der Waals surface area contributed by atoms with Crippen molar-refractivity contribution in [3.8, 4) is 0 Å². The Morgan fingerprint density at radius 2 is 1.57 bits per heavy atom. The third-order valence-corrected chi connectivity index (χ3v) is 2.42. The van der Waals surface area contributed by atoms with Gasteiger partial charge in [-0.1, -0.05) is 0 Å². The first-order valence-electron chi connectivity index (χ1n) is 1.03. The van der Waals surface area contributed by atoms with Crippen molar-refractivity contribution in [1.29, 1.82) is 0 Å². The normalized spacial score (nSPS) is 11.9. The molecule has 7 heavy (non-hydrogen) atoms. The van der Waals surface area contributed by atoms with Crippen LogP contribution in [0.15, 0.2) is 0 Å². The minimum atomic E-state index is -3.65. The van der Waals surface area contributed by atoms with Crippen LogP contribution < -0.4 is 0 Å². The Morgan fingerprint density at radius 3 is 1.57 bits per heavy atom. The van der Waals surface area contributed by atoms with Crippen LogP contribution in [-0.4, -0.2) is 0 Å². The largest absolute Gasteiger partial charge is 0.456 e. The summed E-state index contributed by atoms with van der Waals surface area (Å²) in [7, 11) is 0. The van der Waals surface area contributed by atoms with Gasteiger partial charge in [0.2, 0.25) is 0 Å². The highest BCUT2D eigenvalue weighted by atomic mass is 35.7. The summed E-state index contributed by atoms with van der Waals surface area (Å²) in [6.07, 6.45) is 0. The molecule has 0 bridgehead atoms. The lowest BCUT2D eigenvalue weighted by Crippen LogP contribution is -1.64. The average molecular weight is 185 g/mol. The molecule has 0 rings (SSSR count). The van der Waals surface area contributed by atoms with Gasteiger partial charge in [0, 0.05) is 11.2 Å². The van der Waals surface area contributed by atoms with Gasteiger partial charge in [-0.15, -0.1) is 0 Å². The summed E-state index contributed by atoms with van der Waals surface area (Å²) in [4.78, 5) is 0. The number of halogens is 3. The fourth-order valence-electron chi connectivity index (χ4n) is 0.0106. The Bertz CT molecular complexity index is 82.2. The molecule has 0 spiro atoms. The second kappa shape index (κ2) is 3.13. The maximum Gasteiger partial charge on any atom is 0.456 e. The van der Waals surface area contributed by atoms with E-state index in [1.165, 1.54) is 0 Å². The zero-order valence-corrected chi connectivity index (χ0v) is 5.97. The standard InChI is InChI=1S/Cl3O3P/c1-5-7(3,4)6-2. The molecule has 0 aromatic carbocycles. The van der Waals surface area contributed by atoms with Crippen LogP contribution in [0.5, 0.6) is 0 Å². The zero-order chi connectivity index (χ0) is 5.91. The molecule has 0 saturated carbocycles. The molecule has 7 heteroatoms. The van der Waals surface area contributed by atoms with Crippen LogP contribution in [0.2, 0.25) is 0 Å². The first-order valence-corrected chi connectivity index (χ1v) is 4.09. The van der Waals surface area contributed by atoms with Gasteiger partial charge < -0.3 is 0 Å². The summed E-state index contributed by atoms with van der Waals surface area (Å²) in [5.74, 6) is 0. The molecule has 0 fully saturated rings. The van der Waals surface area contributed by atoms with Crippen LogP contribution in [0.3, 0.4) is 0 Å². The summed E-state index contributed by atoms with van der Waals surface area (Å²) in [5.41, 5.74) is 0. The van der Waals surface area contributed by atoms with Gasteiger partial charge in [0.25, 0.3) is 0 Å². The van der Waals surface area contributed by atoms with Gasteiger partial charge >= 0.3 is 6.95 Å². The number of rotatable bonds is 2. The molecule has 0 aliphatic heterocycles. The summed E-state index contributed by atoms with van der Waals surface area (Å²) in [5, 5.41) is 0. The Labute approximate surface area is 55.1 Å². The topological polar surface area (TPSA) is 35.5 Å². The maximum absolute atomic E-state index is 10.0. The molecule has 0 heterocycles. The quantitative estimate of drug-likeness (QED) is 0.620. The summed E-state index contributed by atoms with van der Waals surface area (Å²) < 4.78 is 17.1. The molecule has 0 saturated heterocycles. The van der Waals surface area contributed by atoms with E-state index in [-0.39, 0.29) is 0 Å². The second-order valence-corrected chi connectivity index (χ2v) is 3.78. The first-order chi connectivity index (χ1) is 3.12. The van der Waals surface area contributed by atoms with Crippen LogP contribution in [-0.2, 0) is 12.7 Å². The van der Waals surface area contributed by atoms with Crippen LogP contribution in [0, 0.1) is 0 Å². The molecule has 0 aliphatic carbocycles. The molecule has 0 atom stereocenters.